The van der Waals surface area contributed by atoms with E-state index in [1.807, 2.05) is 0 Å². The van der Waals surface area contributed by atoms with Gasteiger partial charge in [0.25, 0.3) is 0 Å². The smallest absolute Gasteiger partial charge is 0.306 e. The van der Waals surface area contributed by atoms with E-state index in [0.29, 0.717) is 25.7 Å². The molecule has 0 fully saturated rings. The van der Waals surface area contributed by atoms with Gasteiger partial charge in [-0.15, -0.1) is 0 Å². The van der Waals surface area contributed by atoms with Crippen molar-refractivity contribution in [1.82, 2.24) is 0 Å². The minimum atomic E-state index is -0.806. The number of unbranched alkanes of at least 4 members (excludes halogenated alkanes) is 21. The fourth-order valence-corrected chi connectivity index (χ4v) is 7.85. The summed E-state index contributed by atoms with van der Waals surface area (Å²) in [7, 11) is 0. The molecule has 0 aliphatic heterocycles. The second-order valence-electron chi connectivity index (χ2n) is 19.1. The van der Waals surface area contributed by atoms with Crippen molar-refractivity contribution in [2.45, 2.75) is 264 Å². The Bertz CT molecular complexity index is 1520. The molecule has 6 heteroatoms. The monoisotopic (exact) mass is 997 g/mol. The van der Waals surface area contributed by atoms with E-state index in [2.05, 4.69) is 142 Å². The average molecular weight is 998 g/mol. The van der Waals surface area contributed by atoms with Gasteiger partial charge in [-0.2, -0.15) is 0 Å². The van der Waals surface area contributed by atoms with Crippen LogP contribution in [0, 0.1) is 0 Å². The summed E-state index contributed by atoms with van der Waals surface area (Å²) in [5.74, 6) is -0.956. The molecule has 0 rings (SSSR count). The van der Waals surface area contributed by atoms with Crippen LogP contribution in [0.25, 0.3) is 0 Å². The molecule has 1 atom stereocenters. The second kappa shape index (κ2) is 59.4. The molecule has 0 aliphatic rings. The van der Waals surface area contributed by atoms with E-state index in [1.54, 1.807) is 0 Å². The maximum atomic E-state index is 12.9. The summed E-state index contributed by atoms with van der Waals surface area (Å²) < 4.78 is 16.8. The van der Waals surface area contributed by atoms with Crippen molar-refractivity contribution in [3.63, 3.8) is 0 Å². The Hall–Kier alpha value is -4.19. The second-order valence-corrected chi connectivity index (χ2v) is 19.1. The van der Waals surface area contributed by atoms with Crippen LogP contribution < -0.4 is 0 Å². The van der Waals surface area contributed by atoms with Gasteiger partial charge >= 0.3 is 17.9 Å². The van der Waals surface area contributed by atoms with Gasteiger partial charge in [-0.25, -0.2) is 0 Å². The van der Waals surface area contributed by atoms with E-state index >= 15 is 0 Å². The van der Waals surface area contributed by atoms with Crippen LogP contribution in [0.4, 0.5) is 0 Å². The molecule has 6 nitrogen and oxygen atoms in total. The molecule has 72 heavy (non-hydrogen) atoms. The summed E-state index contributed by atoms with van der Waals surface area (Å²) in [5.41, 5.74) is 0. The van der Waals surface area contributed by atoms with Crippen LogP contribution in [0.15, 0.2) is 122 Å². The molecule has 0 amide bonds. The Morgan fingerprint density at radius 1 is 0.292 bits per heavy atom. The van der Waals surface area contributed by atoms with E-state index in [0.717, 1.165) is 128 Å². The Balaban J connectivity index is 4.50. The highest BCUT2D eigenvalue weighted by Gasteiger charge is 2.19. The molecule has 0 saturated heterocycles. The number of hydrogen-bond acceptors (Lipinski definition) is 6. The third-order valence-corrected chi connectivity index (χ3v) is 12.2. The SMILES string of the molecule is CC/C=C\C/C=C\C/C=C\C/C=C\C/C=C\C/C=C\CCCCC(=O)OCC(COC(=O)CCCCCCCCCCCCCCCC)OC(=O)CCCCCCCC/C=C\C/C=C\C/C=C\C/C=C\CC. The lowest BCUT2D eigenvalue weighted by Crippen LogP contribution is -2.30. The largest absolute Gasteiger partial charge is 0.462 e. The van der Waals surface area contributed by atoms with E-state index < -0.39 is 6.10 Å². The molecule has 408 valence electrons. The third-order valence-electron chi connectivity index (χ3n) is 12.2. The normalized spacial score (nSPS) is 13.0. The Morgan fingerprint density at radius 2 is 0.542 bits per heavy atom. The van der Waals surface area contributed by atoms with Crippen LogP contribution in [0.1, 0.15) is 258 Å². The minimum Gasteiger partial charge on any atom is -0.462 e. The van der Waals surface area contributed by atoms with E-state index in [9.17, 15) is 14.4 Å². The van der Waals surface area contributed by atoms with Gasteiger partial charge in [-0.3, -0.25) is 14.4 Å². The van der Waals surface area contributed by atoms with Crippen LogP contribution >= 0.6 is 0 Å². The standard InChI is InChI=1S/C66H108O6/c1-4-7-10-13-16-19-22-25-28-30-32-33-35-36-38-41-44-47-50-53-56-59-65(68)71-62-63(61-70-64(67)58-55-52-49-46-43-40-27-24-21-18-15-12-9-6-3)72-66(69)60-57-54-51-48-45-42-39-37-34-31-29-26-23-20-17-14-11-8-5-2/h7-8,10-11,16-17,19-20,25-26,28-29,32-34,36-38,44,47,63H,4-6,9,12-15,18,21-24,27,30-31,35,39-43,45-46,48-62H2,1-3H3/b10-7-,11-8-,19-16-,20-17-,28-25-,29-26-,33-32-,37-34-,38-36-,47-44-. The topological polar surface area (TPSA) is 78.9 Å². The van der Waals surface area contributed by atoms with Crippen LogP contribution in [0.3, 0.4) is 0 Å². The first-order chi connectivity index (χ1) is 35.5. The molecule has 0 bridgehead atoms. The number of hydrogen-bond donors (Lipinski definition) is 0. The zero-order chi connectivity index (χ0) is 52.2. The fraction of sp³-hybridized carbons (Fsp3) is 0.652. The lowest BCUT2D eigenvalue weighted by Gasteiger charge is -2.18. The van der Waals surface area contributed by atoms with Crippen LogP contribution in [0.5, 0.6) is 0 Å². The zero-order valence-electron chi connectivity index (χ0n) is 46.7. The van der Waals surface area contributed by atoms with Crippen molar-refractivity contribution >= 4 is 17.9 Å². The summed E-state index contributed by atoms with van der Waals surface area (Å²) in [4.78, 5) is 38.2. The molecular formula is C66H108O6. The van der Waals surface area contributed by atoms with Gasteiger partial charge in [-0.05, 0) is 109 Å². The summed E-state index contributed by atoms with van der Waals surface area (Å²) in [6.45, 7) is 6.37. The summed E-state index contributed by atoms with van der Waals surface area (Å²) >= 11 is 0. The molecular weight excluding hydrogens is 889 g/mol. The predicted octanol–water partition coefficient (Wildman–Crippen LogP) is 20.0. The molecule has 0 saturated carbocycles. The summed E-state index contributed by atoms with van der Waals surface area (Å²) in [5, 5.41) is 0. The van der Waals surface area contributed by atoms with Gasteiger partial charge in [-0.1, -0.05) is 251 Å². The lowest BCUT2D eigenvalue weighted by molar-refractivity contribution is -0.167. The number of esters is 3. The first-order valence-electron chi connectivity index (χ1n) is 29.5. The molecule has 1 unspecified atom stereocenters. The Labute approximate surface area is 443 Å². The molecule has 0 N–H and O–H groups in total. The van der Waals surface area contributed by atoms with Crippen molar-refractivity contribution < 1.29 is 28.6 Å². The van der Waals surface area contributed by atoms with Crippen molar-refractivity contribution in [1.29, 1.82) is 0 Å². The van der Waals surface area contributed by atoms with Gasteiger partial charge in [0.1, 0.15) is 13.2 Å². The van der Waals surface area contributed by atoms with E-state index in [-0.39, 0.29) is 31.1 Å². The molecule has 0 radical (unpaired) electrons. The number of rotatable bonds is 52. The number of ether oxygens (including phenoxy) is 3. The molecule has 0 spiro atoms. The zero-order valence-corrected chi connectivity index (χ0v) is 46.7. The Morgan fingerprint density at radius 3 is 0.875 bits per heavy atom. The van der Waals surface area contributed by atoms with Crippen LogP contribution in [-0.2, 0) is 28.6 Å². The van der Waals surface area contributed by atoms with Gasteiger partial charge in [0.05, 0.1) is 0 Å². The maximum Gasteiger partial charge on any atom is 0.306 e. The number of carbonyl (C=O) groups excluding carboxylic acids is 3. The molecule has 0 aliphatic carbocycles. The summed E-state index contributed by atoms with van der Waals surface area (Å²) in [6.07, 6.45) is 81.9. The average Bonchev–Trinajstić information content (AvgIpc) is 3.38. The number of carbonyl (C=O) groups is 3. The van der Waals surface area contributed by atoms with E-state index in [4.69, 9.17) is 14.2 Å². The van der Waals surface area contributed by atoms with Gasteiger partial charge in [0, 0.05) is 19.3 Å². The Kier molecular flexibility index (Phi) is 55.9. The molecule has 0 aromatic rings. The molecule has 0 heterocycles. The van der Waals surface area contributed by atoms with Gasteiger partial charge in [0.2, 0.25) is 0 Å². The van der Waals surface area contributed by atoms with Crippen molar-refractivity contribution in [3.8, 4) is 0 Å². The maximum absolute atomic E-state index is 12.9. The highest BCUT2D eigenvalue weighted by molar-refractivity contribution is 5.71. The minimum absolute atomic E-state index is 0.0988. The lowest BCUT2D eigenvalue weighted by atomic mass is 10.0. The van der Waals surface area contributed by atoms with Gasteiger partial charge < -0.3 is 14.2 Å². The highest BCUT2D eigenvalue weighted by atomic mass is 16.6. The first-order valence-corrected chi connectivity index (χ1v) is 29.5. The quantitative estimate of drug-likeness (QED) is 0.0261. The van der Waals surface area contributed by atoms with Crippen LogP contribution in [-0.4, -0.2) is 37.2 Å². The number of allylic oxidation sites excluding steroid dienone is 20. The fourth-order valence-electron chi connectivity index (χ4n) is 7.85. The third kappa shape index (κ3) is 56.7. The van der Waals surface area contributed by atoms with Crippen molar-refractivity contribution in [2.75, 3.05) is 13.2 Å². The van der Waals surface area contributed by atoms with Crippen molar-refractivity contribution in [2.24, 2.45) is 0 Å². The first kappa shape index (κ1) is 67.8. The molecule has 0 aromatic carbocycles. The van der Waals surface area contributed by atoms with Gasteiger partial charge in [0.15, 0.2) is 6.10 Å². The van der Waals surface area contributed by atoms with Crippen LogP contribution in [0.2, 0.25) is 0 Å². The molecule has 0 aromatic heterocycles. The predicted molar refractivity (Wildman–Crippen MR) is 311 cm³/mol. The highest BCUT2D eigenvalue weighted by Crippen LogP contribution is 2.15. The van der Waals surface area contributed by atoms with E-state index in [1.165, 1.54) is 83.5 Å². The van der Waals surface area contributed by atoms with Crippen molar-refractivity contribution in [3.05, 3.63) is 122 Å². The summed E-state index contributed by atoms with van der Waals surface area (Å²) in [6, 6.07) is 0.